The van der Waals surface area contributed by atoms with Crippen LogP contribution in [0.4, 0.5) is 21.0 Å². The summed E-state index contributed by atoms with van der Waals surface area (Å²) in [7, 11) is -3.42. The van der Waals surface area contributed by atoms with Crippen LogP contribution in [0.3, 0.4) is 0 Å². The lowest BCUT2D eigenvalue weighted by molar-refractivity contribution is 0.151. The smallest absolute Gasteiger partial charge is 0.412 e. The number of alkyl carbamates (subject to hydrolysis) is 1. The molecule has 0 atom stereocenters. The van der Waals surface area contributed by atoms with Crippen LogP contribution < -0.4 is 16.1 Å². The van der Waals surface area contributed by atoms with Gasteiger partial charge in [-0.2, -0.15) is 0 Å². The van der Waals surface area contributed by atoms with Gasteiger partial charge in [-0.05, 0) is 47.9 Å². The van der Waals surface area contributed by atoms with Crippen molar-refractivity contribution in [3.05, 3.63) is 114 Å². The molecule has 4 aromatic rings. The predicted molar refractivity (Wildman–Crippen MR) is 168 cm³/mol. The van der Waals surface area contributed by atoms with Gasteiger partial charge in [0.15, 0.2) is 9.84 Å². The van der Waals surface area contributed by atoms with Crippen molar-refractivity contribution >= 4 is 39.2 Å². The van der Waals surface area contributed by atoms with Crippen LogP contribution in [0.5, 0.6) is 0 Å². The van der Waals surface area contributed by atoms with Crippen LogP contribution in [0.15, 0.2) is 108 Å². The molecule has 4 rings (SSSR count). The maximum atomic E-state index is 13.5. The van der Waals surface area contributed by atoms with Gasteiger partial charge in [-0.3, -0.25) is 16.2 Å². The van der Waals surface area contributed by atoms with E-state index in [0.717, 1.165) is 5.56 Å². The highest BCUT2D eigenvalue weighted by atomic mass is 32.2. The molecule has 0 heterocycles. The van der Waals surface area contributed by atoms with Crippen molar-refractivity contribution in [1.29, 1.82) is 5.41 Å². The molecule has 4 N–H and O–H groups in total. The monoisotopic (exact) mass is 599 g/mol. The third kappa shape index (κ3) is 8.66. The molecule has 3 amide bonds. The fraction of sp³-hybridized carbons (Fsp3) is 0.156. The Balaban J connectivity index is 1.52. The predicted octanol–water partition coefficient (Wildman–Crippen LogP) is 6.28. The summed E-state index contributed by atoms with van der Waals surface area (Å²) in [5.41, 5.74) is 6.71. The van der Waals surface area contributed by atoms with Gasteiger partial charge in [0.1, 0.15) is 5.84 Å². The van der Waals surface area contributed by atoms with Gasteiger partial charge in [-0.1, -0.05) is 79.7 Å². The first-order chi connectivity index (χ1) is 20.6. The molecule has 11 heteroatoms. The number of amidine groups is 1. The fourth-order valence-corrected chi connectivity index (χ4v) is 5.10. The Morgan fingerprint density at radius 3 is 2.26 bits per heavy atom. The van der Waals surface area contributed by atoms with E-state index in [0.29, 0.717) is 34.5 Å². The Labute approximate surface area is 251 Å². The second-order valence-corrected chi connectivity index (χ2v) is 11.7. The number of nitrogens with zero attached hydrogens (tertiary/aromatic N) is 1. The van der Waals surface area contributed by atoms with Gasteiger partial charge in [0, 0.05) is 23.1 Å². The van der Waals surface area contributed by atoms with Gasteiger partial charge in [0.25, 0.3) is 0 Å². The minimum atomic E-state index is -3.42. The molecule has 0 bridgehead atoms. The number of ether oxygens (including phenoxy) is 1. The first kappa shape index (κ1) is 30.8. The normalized spacial score (nSPS) is 10.8. The van der Waals surface area contributed by atoms with Crippen LogP contribution >= 0.6 is 0 Å². The number of benzene rings is 4. The largest absolute Gasteiger partial charge is 0.449 e. The van der Waals surface area contributed by atoms with E-state index >= 15 is 0 Å². The summed E-state index contributed by atoms with van der Waals surface area (Å²) in [6.07, 6.45) is 1.13. The lowest BCUT2D eigenvalue weighted by Gasteiger charge is -2.25. The zero-order valence-corrected chi connectivity index (χ0v) is 24.6. The number of amides is 3. The molecule has 4 aromatic carbocycles. The molecule has 0 fully saturated rings. The molecule has 222 valence electrons. The third-order valence-electron chi connectivity index (χ3n) is 6.24. The van der Waals surface area contributed by atoms with Gasteiger partial charge in [0.05, 0.1) is 23.7 Å². The molecule has 0 saturated carbocycles. The summed E-state index contributed by atoms with van der Waals surface area (Å²) >= 11 is 0. The Kier molecular flexibility index (Phi) is 10.1. The molecule has 0 aliphatic heterocycles. The standard InChI is InChI=1S/C32H33N5O5S/c1-3-20-42-32(39)35-30(33)25-12-9-13-27(21-25)36-37(22-23-10-5-4-6-11-23)31(38)34-26-18-16-24(17-19-26)28-14-7-8-15-29(28)43(2,40)41/h4-19,21,36H,3,20,22H2,1-2H3,(H,34,38)(H2,33,35,39). The van der Waals surface area contributed by atoms with E-state index in [1.54, 1.807) is 72.8 Å². The maximum Gasteiger partial charge on any atom is 0.412 e. The summed E-state index contributed by atoms with van der Waals surface area (Å²) in [4.78, 5) is 25.6. The lowest BCUT2D eigenvalue weighted by Crippen LogP contribution is -2.39. The van der Waals surface area contributed by atoms with Crippen LogP contribution in [0.2, 0.25) is 0 Å². The van der Waals surface area contributed by atoms with Crippen molar-refractivity contribution in [3.63, 3.8) is 0 Å². The van der Waals surface area contributed by atoms with Crippen LogP contribution in [0.25, 0.3) is 11.1 Å². The van der Waals surface area contributed by atoms with Crippen molar-refractivity contribution in [2.24, 2.45) is 0 Å². The molecule has 0 spiro atoms. The van der Waals surface area contributed by atoms with Crippen molar-refractivity contribution < 1.29 is 22.7 Å². The second kappa shape index (κ2) is 14.1. The minimum Gasteiger partial charge on any atom is -0.449 e. The number of hydrogen-bond donors (Lipinski definition) is 4. The van der Waals surface area contributed by atoms with Crippen LogP contribution in [0.1, 0.15) is 24.5 Å². The van der Waals surface area contributed by atoms with Gasteiger partial charge >= 0.3 is 12.1 Å². The van der Waals surface area contributed by atoms with E-state index in [9.17, 15) is 18.0 Å². The van der Waals surface area contributed by atoms with E-state index in [1.807, 2.05) is 37.3 Å². The molecule has 0 saturated heterocycles. The van der Waals surface area contributed by atoms with E-state index in [2.05, 4.69) is 16.1 Å². The number of carbonyl (C=O) groups is 2. The Hall–Kier alpha value is -5.16. The average molecular weight is 600 g/mol. The summed E-state index contributed by atoms with van der Waals surface area (Å²) in [5.74, 6) is -0.138. The number of carbonyl (C=O) groups excluding carboxylic acids is 2. The SMILES string of the molecule is CCCOC(=O)NC(=N)c1cccc(NN(Cc2ccccc2)C(=O)Nc2ccc(-c3ccccc3S(C)(=O)=O)cc2)c1. The number of hydrazine groups is 1. The quantitative estimate of drug-likeness (QED) is 0.0961. The zero-order valence-electron chi connectivity index (χ0n) is 23.8. The van der Waals surface area contributed by atoms with Crippen molar-refractivity contribution in [3.8, 4) is 11.1 Å². The molecule has 0 radical (unpaired) electrons. The van der Waals surface area contributed by atoms with E-state index < -0.39 is 22.0 Å². The molecule has 10 nitrogen and oxygen atoms in total. The van der Waals surface area contributed by atoms with Crippen molar-refractivity contribution in [1.82, 2.24) is 10.3 Å². The molecule has 43 heavy (non-hydrogen) atoms. The minimum absolute atomic E-state index is 0.138. The molecule has 0 unspecified atom stereocenters. The second-order valence-electron chi connectivity index (χ2n) is 9.68. The lowest BCUT2D eigenvalue weighted by atomic mass is 10.1. The number of rotatable bonds is 10. The Bertz CT molecular complexity index is 1690. The molecule has 0 aliphatic rings. The summed E-state index contributed by atoms with van der Waals surface area (Å²) in [5, 5.41) is 14.9. The third-order valence-corrected chi connectivity index (χ3v) is 7.40. The number of hydrogen-bond acceptors (Lipinski definition) is 7. The van der Waals surface area contributed by atoms with E-state index in [-0.39, 0.29) is 23.9 Å². The topological polar surface area (TPSA) is 141 Å². The fourth-order valence-electron chi connectivity index (χ4n) is 4.19. The Morgan fingerprint density at radius 1 is 0.860 bits per heavy atom. The van der Waals surface area contributed by atoms with E-state index in [4.69, 9.17) is 10.1 Å². The maximum absolute atomic E-state index is 13.5. The van der Waals surface area contributed by atoms with Crippen LogP contribution in [-0.4, -0.2) is 44.2 Å². The van der Waals surface area contributed by atoms with Gasteiger partial charge < -0.3 is 10.1 Å². The van der Waals surface area contributed by atoms with Gasteiger partial charge in [-0.15, -0.1) is 0 Å². The summed E-state index contributed by atoms with van der Waals surface area (Å²) in [6, 6.07) is 29.4. The van der Waals surface area contributed by atoms with Crippen molar-refractivity contribution in [2.45, 2.75) is 24.8 Å². The number of urea groups is 1. The summed E-state index contributed by atoms with van der Waals surface area (Å²) < 4.78 is 29.5. The van der Waals surface area contributed by atoms with Gasteiger partial charge in [0.2, 0.25) is 0 Å². The van der Waals surface area contributed by atoms with Gasteiger partial charge in [-0.25, -0.2) is 23.0 Å². The Morgan fingerprint density at radius 2 is 1.56 bits per heavy atom. The van der Waals surface area contributed by atoms with Crippen molar-refractivity contribution in [2.75, 3.05) is 23.6 Å². The highest BCUT2D eigenvalue weighted by Gasteiger charge is 2.17. The summed E-state index contributed by atoms with van der Waals surface area (Å²) in [6.45, 7) is 2.35. The number of anilines is 2. The molecule has 0 aromatic heterocycles. The molecule has 0 aliphatic carbocycles. The zero-order chi connectivity index (χ0) is 30.8. The number of sulfone groups is 1. The molecular weight excluding hydrogens is 566 g/mol. The first-order valence-corrected chi connectivity index (χ1v) is 15.4. The first-order valence-electron chi connectivity index (χ1n) is 13.6. The highest BCUT2D eigenvalue weighted by molar-refractivity contribution is 7.90. The van der Waals surface area contributed by atoms with Crippen LogP contribution in [-0.2, 0) is 21.1 Å². The average Bonchev–Trinajstić information content (AvgIpc) is 3.00. The number of nitrogens with one attached hydrogen (secondary N) is 4. The van der Waals surface area contributed by atoms with Crippen LogP contribution in [0, 0.1) is 5.41 Å². The van der Waals surface area contributed by atoms with E-state index in [1.165, 1.54) is 11.3 Å². The highest BCUT2D eigenvalue weighted by Crippen LogP contribution is 2.28. The molecular formula is C32H33N5O5S.